The van der Waals surface area contributed by atoms with Crippen LogP contribution in [0.4, 0.5) is 0 Å². The number of nitrogens with zero attached hydrogens (tertiary/aromatic N) is 1. The van der Waals surface area contributed by atoms with Crippen molar-refractivity contribution in [1.29, 1.82) is 0 Å². The fourth-order valence-electron chi connectivity index (χ4n) is 2.46. The lowest BCUT2D eigenvalue weighted by atomic mass is 9.90. The Morgan fingerprint density at radius 3 is 2.24 bits per heavy atom. The average Bonchev–Trinajstić information content (AvgIpc) is 2.82. The second-order valence-corrected chi connectivity index (χ2v) is 9.71. The highest BCUT2D eigenvalue weighted by Gasteiger charge is 2.40. The van der Waals surface area contributed by atoms with Crippen molar-refractivity contribution < 1.29 is 16.8 Å². The molecule has 0 amide bonds. The molecular formula is C13H20N2O4S2. The molecule has 0 aromatic heterocycles. The molecule has 0 radical (unpaired) electrons. The van der Waals surface area contributed by atoms with Crippen molar-refractivity contribution in [2.45, 2.75) is 23.1 Å². The highest BCUT2D eigenvalue weighted by Crippen LogP contribution is 2.34. The standard InChI is InChI=1S/C13H20N2O4S2/c1-13(9-14)7-8-15(10-13)21(18,19)12-6-4-3-5-11(12)20(2,16)17/h3-6H,7-10,14H2,1-2H3. The average molecular weight is 332 g/mol. The molecule has 118 valence electrons. The van der Waals surface area contributed by atoms with Crippen LogP contribution in [0.3, 0.4) is 0 Å². The lowest BCUT2D eigenvalue weighted by molar-refractivity contribution is 0.349. The zero-order chi connectivity index (χ0) is 15.9. The molecule has 21 heavy (non-hydrogen) atoms. The predicted molar refractivity (Wildman–Crippen MR) is 80.1 cm³/mol. The largest absolute Gasteiger partial charge is 0.330 e. The van der Waals surface area contributed by atoms with Crippen molar-refractivity contribution >= 4 is 19.9 Å². The summed E-state index contributed by atoms with van der Waals surface area (Å²) in [5.74, 6) is 0. The second-order valence-electron chi connectivity index (χ2n) is 5.82. The summed E-state index contributed by atoms with van der Waals surface area (Å²) in [4.78, 5) is -0.319. The van der Waals surface area contributed by atoms with Gasteiger partial charge in [0.15, 0.2) is 9.84 Å². The third-order valence-corrected chi connectivity index (χ3v) is 7.07. The van der Waals surface area contributed by atoms with Gasteiger partial charge in [0, 0.05) is 19.3 Å². The minimum absolute atomic E-state index is 0.159. The molecule has 1 fully saturated rings. The lowest BCUT2D eigenvalue weighted by Gasteiger charge is -2.23. The van der Waals surface area contributed by atoms with Crippen LogP contribution in [0, 0.1) is 5.41 Å². The Morgan fingerprint density at radius 2 is 1.76 bits per heavy atom. The first-order valence-corrected chi connectivity index (χ1v) is 9.93. The maximum Gasteiger partial charge on any atom is 0.244 e. The number of hydrogen-bond acceptors (Lipinski definition) is 5. The van der Waals surface area contributed by atoms with Gasteiger partial charge in [0.05, 0.1) is 4.90 Å². The summed E-state index contributed by atoms with van der Waals surface area (Å²) in [5, 5.41) is 0. The minimum Gasteiger partial charge on any atom is -0.330 e. The van der Waals surface area contributed by atoms with Gasteiger partial charge in [0.2, 0.25) is 10.0 Å². The van der Waals surface area contributed by atoms with Crippen molar-refractivity contribution in [2.75, 3.05) is 25.9 Å². The van der Waals surface area contributed by atoms with Crippen molar-refractivity contribution in [1.82, 2.24) is 4.31 Å². The van der Waals surface area contributed by atoms with Crippen molar-refractivity contribution in [3.05, 3.63) is 24.3 Å². The van der Waals surface area contributed by atoms with Gasteiger partial charge in [0.1, 0.15) is 4.90 Å². The monoisotopic (exact) mass is 332 g/mol. The quantitative estimate of drug-likeness (QED) is 0.863. The normalized spacial score (nSPS) is 24.3. The number of rotatable bonds is 4. The molecule has 2 rings (SSSR count). The predicted octanol–water partition coefficient (Wildman–Crippen LogP) is 0.450. The van der Waals surface area contributed by atoms with E-state index in [1.54, 1.807) is 0 Å². The van der Waals surface area contributed by atoms with Crippen LogP contribution < -0.4 is 5.73 Å². The van der Waals surface area contributed by atoms with Crippen LogP contribution in [-0.2, 0) is 19.9 Å². The summed E-state index contributed by atoms with van der Waals surface area (Å²) in [5.41, 5.74) is 5.44. The molecule has 1 aliphatic rings. The van der Waals surface area contributed by atoms with E-state index in [0.29, 0.717) is 26.1 Å². The van der Waals surface area contributed by atoms with Crippen LogP contribution in [0.5, 0.6) is 0 Å². The van der Waals surface area contributed by atoms with Crippen LogP contribution in [0.1, 0.15) is 13.3 Å². The summed E-state index contributed by atoms with van der Waals surface area (Å²) in [6.07, 6.45) is 1.68. The molecule has 1 aromatic carbocycles. The van der Waals surface area contributed by atoms with E-state index in [4.69, 9.17) is 5.73 Å². The van der Waals surface area contributed by atoms with Gasteiger partial charge in [-0.25, -0.2) is 16.8 Å². The van der Waals surface area contributed by atoms with Crippen LogP contribution in [0.2, 0.25) is 0 Å². The van der Waals surface area contributed by atoms with E-state index in [-0.39, 0.29) is 15.2 Å². The zero-order valence-corrected chi connectivity index (χ0v) is 13.7. The van der Waals surface area contributed by atoms with Gasteiger partial charge in [-0.15, -0.1) is 0 Å². The van der Waals surface area contributed by atoms with Crippen LogP contribution in [0.25, 0.3) is 0 Å². The number of sulfone groups is 1. The molecule has 0 aliphatic carbocycles. The molecule has 1 unspecified atom stereocenters. The van der Waals surface area contributed by atoms with E-state index >= 15 is 0 Å². The Labute approximate surface area is 125 Å². The summed E-state index contributed by atoms with van der Waals surface area (Å²) in [6, 6.07) is 5.70. The Bertz CT molecular complexity index is 743. The second kappa shape index (κ2) is 5.35. The Balaban J connectivity index is 2.48. The number of sulfonamides is 1. The topological polar surface area (TPSA) is 97.5 Å². The van der Waals surface area contributed by atoms with E-state index in [0.717, 1.165) is 6.26 Å². The van der Waals surface area contributed by atoms with Gasteiger partial charge in [-0.1, -0.05) is 19.1 Å². The van der Waals surface area contributed by atoms with Crippen LogP contribution in [-0.4, -0.2) is 47.0 Å². The minimum atomic E-state index is -3.84. The van der Waals surface area contributed by atoms with Gasteiger partial charge in [-0.3, -0.25) is 0 Å². The molecule has 1 aliphatic heterocycles. The molecule has 8 heteroatoms. The van der Waals surface area contributed by atoms with E-state index in [1.807, 2.05) is 6.92 Å². The van der Waals surface area contributed by atoms with Crippen molar-refractivity contribution in [3.8, 4) is 0 Å². The zero-order valence-electron chi connectivity index (χ0n) is 12.1. The first kappa shape index (κ1) is 16.4. The number of benzene rings is 1. The summed E-state index contributed by atoms with van der Waals surface area (Å²) in [7, 11) is -7.45. The van der Waals surface area contributed by atoms with E-state index < -0.39 is 19.9 Å². The van der Waals surface area contributed by atoms with Crippen molar-refractivity contribution in [3.63, 3.8) is 0 Å². The third kappa shape index (κ3) is 3.13. The highest BCUT2D eigenvalue weighted by atomic mass is 32.2. The maximum atomic E-state index is 12.7. The number of hydrogen-bond donors (Lipinski definition) is 1. The van der Waals surface area contributed by atoms with E-state index in [2.05, 4.69) is 0 Å². The Kier molecular flexibility index (Phi) is 4.18. The first-order valence-electron chi connectivity index (χ1n) is 6.59. The van der Waals surface area contributed by atoms with Gasteiger partial charge in [-0.05, 0) is 30.5 Å². The lowest BCUT2D eigenvalue weighted by Crippen LogP contribution is -2.35. The summed E-state index contributed by atoms with van der Waals surface area (Å²) in [6.45, 7) is 3.00. The Hall–Kier alpha value is -0.960. The molecule has 0 saturated carbocycles. The van der Waals surface area contributed by atoms with Gasteiger partial charge in [-0.2, -0.15) is 4.31 Å². The number of nitrogens with two attached hydrogens (primary N) is 1. The van der Waals surface area contributed by atoms with Gasteiger partial charge < -0.3 is 5.73 Å². The van der Waals surface area contributed by atoms with Crippen molar-refractivity contribution in [2.24, 2.45) is 11.1 Å². The molecule has 6 nitrogen and oxygen atoms in total. The molecule has 0 spiro atoms. The highest BCUT2D eigenvalue weighted by molar-refractivity contribution is 7.93. The Morgan fingerprint density at radius 1 is 1.19 bits per heavy atom. The fraction of sp³-hybridized carbons (Fsp3) is 0.538. The molecule has 0 bridgehead atoms. The third-order valence-electron chi connectivity index (χ3n) is 3.88. The molecule has 1 aromatic rings. The smallest absolute Gasteiger partial charge is 0.244 e. The van der Waals surface area contributed by atoms with E-state index in [9.17, 15) is 16.8 Å². The molecule has 1 heterocycles. The molecular weight excluding hydrogens is 312 g/mol. The maximum absolute atomic E-state index is 12.7. The molecule has 1 atom stereocenters. The van der Waals surface area contributed by atoms with Crippen LogP contribution in [0.15, 0.2) is 34.1 Å². The summed E-state index contributed by atoms with van der Waals surface area (Å²) < 4.78 is 50.4. The summed E-state index contributed by atoms with van der Waals surface area (Å²) >= 11 is 0. The fourth-order valence-corrected chi connectivity index (χ4v) is 5.65. The first-order chi connectivity index (χ1) is 9.60. The van der Waals surface area contributed by atoms with Crippen LogP contribution >= 0.6 is 0 Å². The molecule has 1 saturated heterocycles. The van der Waals surface area contributed by atoms with Gasteiger partial charge >= 0.3 is 0 Å². The van der Waals surface area contributed by atoms with E-state index in [1.165, 1.54) is 28.6 Å². The molecule has 2 N–H and O–H groups in total. The van der Waals surface area contributed by atoms with Gasteiger partial charge in [0.25, 0.3) is 0 Å². The SMILES string of the molecule is CC1(CN)CCN(S(=O)(=O)c2ccccc2S(C)(=O)=O)C1.